The van der Waals surface area contributed by atoms with E-state index in [4.69, 9.17) is 0 Å². The van der Waals surface area contributed by atoms with E-state index in [1.807, 2.05) is 0 Å². The van der Waals surface area contributed by atoms with Crippen molar-refractivity contribution in [3.8, 4) is 0 Å². The fraction of sp³-hybridized carbons (Fsp3) is 0.667. The normalized spacial score (nSPS) is 13.5. The minimum absolute atomic E-state index is 3.93. The molecule has 0 bridgehead atoms. The number of halogens is 7. The van der Waals surface area contributed by atoms with Crippen LogP contribution in [0.25, 0.3) is 0 Å². The molecular formula is C3F7+. The van der Waals surface area contributed by atoms with Gasteiger partial charge in [0, 0.05) is 4.39 Å². The Morgan fingerprint density at radius 1 is 0.700 bits per heavy atom. The summed E-state index contributed by atoms with van der Waals surface area (Å²) in [6, 6.07) is 0. The van der Waals surface area contributed by atoms with Crippen molar-refractivity contribution in [1.82, 2.24) is 0 Å². The highest BCUT2D eigenvalue weighted by Crippen LogP contribution is 2.41. The van der Waals surface area contributed by atoms with E-state index >= 15 is 0 Å². The van der Waals surface area contributed by atoms with Crippen LogP contribution >= 0.6 is 0 Å². The molecule has 0 spiro atoms. The van der Waals surface area contributed by atoms with Gasteiger partial charge in [-0.3, -0.25) is 0 Å². The summed E-state index contributed by atoms with van der Waals surface area (Å²) in [4.78, 5) is 0. The van der Waals surface area contributed by atoms with Crippen LogP contribution in [0.4, 0.5) is 30.7 Å². The van der Waals surface area contributed by atoms with Gasteiger partial charge in [0.05, 0.1) is 0 Å². The van der Waals surface area contributed by atoms with Crippen molar-refractivity contribution >= 4 is 0 Å². The molecule has 0 radical (unpaired) electrons. The van der Waals surface area contributed by atoms with Crippen LogP contribution in [-0.2, 0) is 0 Å². The second-order valence-electron chi connectivity index (χ2n) is 1.31. The average molecular weight is 169 g/mol. The predicted octanol–water partition coefficient (Wildman–Crippen LogP) is 2.61. The standard InChI is InChI=1S/C3F7/c4-1(2(5,6)7)3(8,9)10/q+1. The second kappa shape index (κ2) is 2.21. The summed E-state index contributed by atoms with van der Waals surface area (Å²) in [6.07, 6.45) is -15.8. The summed E-state index contributed by atoms with van der Waals surface area (Å²) in [7, 11) is 0. The van der Waals surface area contributed by atoms with E-state index in [-0.39, 0.29) is 0 Å². The lowest BCUT2D eigenvalue weighted by Gasteiger charge is -1.99. The molecule has 10 heavy (non-hydrogen) atoms. The van der Waals surface area contributed by atoms with Gasteiger partial charge in [-0.05, 0) is 0 Å². The quantitative estimate of drug-likeness (QED) is 0.386. The Balaban J connectivity index is 4.23. The van der Waals surface area contributed by atoms with E-state index in [0.29, 0.717) is 0 Å². The van der Waals surface area contributed by atoms with Crippen molar-refractivity contribution in [1.29, 1.82) is 0 Å². The minimum Gasteiger partial charge on any atom is -0.124 e. The average Bonchev–Trinajstić information content (AvgIpc) is 1.59. The van der Waals surface area contributed by atoms with Gasteiger partial charge in [0.25, 0.3) is 0 Å². The molecule has 0 aliphatic heterocycles. The van der Waals surface area contributed by atoms with Crippen LogP contribution in [0.5, 0.6) is 0 Å². The van der Waals surface area contributed by atoms with E-state index in [9.17, 15) is 30.7 Å². The summed E-state index contributed by atoms with van der Waals surface area (Å²) in [5.74, 6) is 0. The van der Waals surface area contributed by atoms with Gasteiger partial charge in [-0.1, -0.05) is 0 Å². The first kappa shape index (κ1) is 9.38. The van der Waals surface area contributed by atoms with Crippen molar-refractivity contribution in [2.45, 2.75) is 12.4 Å². The zero-order chi connectivity index (χ0) is 8.58. The fourth-order valence-corrected chi connectivity index (χ4v) is 0.161. The maximum atomic E-state index is 11.1. The summed E-state index contributed by atoms with van der Waals surface area (Å²) >= 11 is 0. The minimum atomic E-state index is -5.93. The third-order valence-electron chi connectivity index (χ3n) is 0.498. The van der Waals surface area contributed by atoms with E-state index in [2.05, 4.69) is 0 Å². The molecule has 0 rings (SSSR count). The van der Waals surface area contributed by atoms with Crippen molar-refractivity contribution in [2.75, 3.05) is 0 Å². The Bertz CT molecular complexity index is 93.0. The molecule has 0 heterocycles. The highest BCUT2D eigenvalue weighted by atomic mass is 19.4. The number of rotatable bonds is 0. The van der Waals surface area contributed by atoms with Crippen molar-refractivity contribution in [3.63, 3.8) is 0 Å². The molecule has 0 aliphatic rings. The smallest absolute Gasteiger partial charge is 0.124 e. The molecule has 0 saturated heterocycles. The Morgan fingerprint density at radius 2 is 0.900 bits per heavy atom. The van der Waals surface area contributed by atoms with Crippen molar-refractivity contribution in [2.24, 2.45) is 0 Å². The third-order valence-corrected chi connectivity index (χ3v) is 0.498. The lowest BCUT2D eigenvalue weighted by molar-refractivity contribution is -0.233. The Morgan fingerprint density at radius 3 is 0.900 bits per heavy atom. The first-order valence-corrected chi connectivity index (χ1v) is 1.82. The maximum Gasteiger partial charge on any atom is 0.604 e. The predicted molar refractivity (Wildman–Crippen MR) is 16.5 cm³/mol. The third kappa shape index (κ3) is 2.32. The summed E-state index contributed by atoms with van der Waals surface area (Å²) in [5.41, 5.74) is 0. The summed E-state index contributed by atoms with van der Waals surface area (Å²) in [6.45, 7) is 0. The van der Waals surface area contributed by atoms with Gasteiger partial charge in [-0.2, -0.15) is 0 Å². The lowest BCUT2D eigenvalue weighted by Crippen LogP contribution is -2.30. The Labute approximate surface area is 50.6 Å². The van der Waals surface area contributed by atoms with Crippen LogP contribution in [0.3, 0.4) is 0 Å². The van der Waals surface area contributed by atoms with Gasteiger partial charge in [0.2, 0.25) is 0 Å². The largest absolute Gasteiger partial charge is 0.604 e. The molecule has 0 atom stereocenters. The molecule has 0 aliphatic carbocycles. The molecule has 0 aromatic rings. The summed E-state index contributed by atoms with van der Waals surface area (Å²) in [5, 5.41) is 0. The van der Waals surface area contributed by atoms with Gasteiger partial charge < -0.3 is 0 Å². The van der Waals surface area contributed by atoms with Gasteiger partial charge >= 0.3 is 18.5 Å². The van der Waals surface area contributed by atoms with Crippen molar-refractivity contribution < 1.29 is 30.7 Å². The molecule has 0 aromatic carbocycles. The molecule has 0 saturated carbocycles. The first-order chi connectivity index (χ1) is 4.15. The maximum absolute atomic E-state index is 11.1. The van der Waals surface area contributed by atoms with Gasteiger partial charge in [0.15, 0.2) is 0 Å². The molecule has 60 valence electrons. The van der Waals surface area contributed by atoms with E-state index in [1.165, 1.54) is 0 Å². The van der Waals surface area contributed by atoms with Crippen LogP contribution < -0.4 is 0 Å². The highest BCUT2D eigenvalue weighted by Gasteiger charge is 2.74. The molecule has 0 N–H and O–H groups in total. The molecule has 0 aromatic heterocycles. The molecular weight excluding hydrogens is 169 g/mol. The summed E-state index contributed by atoms with van der Waals surface area (Å²) < 4.78 is 76.0. The van der Waals surface area contributed by atoms with Crippen LogP contribution in [0, 0.1) is 6.17 Å². The molecule has 7 heteroatoms. The van der Waals surface area contributed by atoms with Crippen molar-refractivity contribution in [3.05, 3.63) is 6.17 Å². The molecule has 0 amide bonds. The second-order valence-corrected chi connectivity index (χ2v) is 1.31. The van der Waals surface area contributed by atoms with E-state index in [0.717, 1.165) is 0 Å². The zero-order valence-corrected chi connectivity index (χ0v) is 4.15. The van der Waals surface area contributed by atoms with Crippen LogP contribution in [-0.4, -0.2) is 12.4 Å². The fourth-order valence-electron chi connectivity index (χ4n) is 0.161. The zero-order valence-electron chi connectivity index (χ0n) is 4.15. The number of hydrogen-bond acceptors (Lipinski definition) is 0. The number of alkyl halides is 6. The van der Waals surface area contributed by atoms with E-state index < -0.39 is 18.5 Å². The van der Waals surface area contributed by atoms with Crippen LogP contribution in [0.2, 0.25) is 0 Å². The first-order valence-electron chi connectivity index (χ1n) is 1.82. The molecule has 0 unspecified atom stereocenters. The Kier molecular flexibility index (Phi) is 2.07. The molecule has 0 fully saturated rings. The van der Waals surface area contributed by atoms with Crippen LogP contribution in [0.15, 0.2) is 0 Å². The van der Waals surface area contributed by atoms with Gasteiger partial charge in [-0.25, -0.2) is 0 Å². The Hall–Kier alpha value is -0.620. The monoisotopic (exact) mass is 169 g/mol. The molecule has 0 nitrogen and oxygen atoms in total. The number of hydrogen-bond donors (Lipinski definition) is 0. The lowest BCUT2D eigenvalue weighted by atomic mass is 10.4. The van der Waals surface area contributed by atoms with Gasteiger partial charge in [-0.15, -0.1) is 26.3 Å². The van der Waals surface area contributed by atoms with Gasteiger partial charge in [0.1, 0.15) is 0 Å². The van der Waals surface area contributed by atoms with E-state index in [1.54, 1.807) is 0 Å². The highest BCUT2D eigenvalue weighted by molar-refractivity contribution is 4.93. The topological polar surface area (TPSA) is 0 Å². The van der Waals surface area contributed by atoms with Crippen LogP contribution in [0.1, 0.15) is 0 Å². The SMILES string of the molecule is F[C+](C(F)(F)F)C(F)(F)F.